The van der Waals surface area contributed by atoms with Crippen molar-refractivity contribution in [3.8, 4) is 11.5 Å². The van der Waals surface area contributed by atoms with Gasteiger partial charge in [-0.2, -0.15) is 0 Å². The van der Waals surface area contributed by atoms with E-state index in [9.17, 15) is 0 Å². The summed E-state index contributed by atoms with van der Waals surface area (Å²) in [7, 11) is -2.02. The molecular formula is C12H17Cl3O3Si2. The van der Waals surface area contributed by atoms with E-state index < -0.39 is 14.6 Å². The van der Waals surface area contributed by atoms with Gasteiger partial charge in [-0.15, -0.1) is 33.2 Å². The fourth-order valence-electron chi connectivity index (χ4n) is 1.81. The second-order valence-corrected chi connectivity index (χ2v) is 17.6. The van der Waals surface area contributed by atoms with Gasteiger partial charge in [-0.1, -0.05) is 6.92 Å². The molecule has 0 saturated carbocycles. The van der Waals surface area contributed by atoms with Gasteiger partial charge in [-0.05, 0) is 30.8 Å². The van der Waals surface area contributed by atoms with Crippen molar-refractivity contribution in [1.29, 1.82) is 0 Å². The number of benzene rings is 1. The molecule has 1 atom stereocenters. The fourth-order valence-corrected chi connectivity index (χ4v) is 4.37. The summed E-state index contributed by atoms with van der Waals surface area (Å²) in [6.45, 7) is 5.15. The molecule has 0 radical (unpaired) electrons. The van der Waals surface area contributed by atoms with Gasteiger partial charge >= 0.3 is 14.6 Å². The molecule has 0 bridgehead atoms. The Hall–Kier alpha value is 0.0838. The van der Waals surface area contributed by atoms with Gasteiger partial charge < -0.3 is 13.6 Å². The van der Waals surface area contributed by atoms with Crippen LogP contribution >= 0.6 is 33.2 Å². The van der Waals surface area contributed by atoms with E-state index in [-0.39, 0.29) is 0 Å². The summed E-state index contributed by atoms with van der Waals surface area (Å²) in [6, 6.07) is 4.53. The summed E-state index contributed by atoms with van der Waals surface area (Å²) in [5.74, 6) is 1.65. The van der Waals surface area contributed by atoms with Crippen molar-refractivity contribution in [2.24, 2.45) is 0 Å². The number of ether oxygens (including phenoxy) is 1. The van der Waals surface area contributed by atoms with Crippen LogP contribution in [-0.2, 0) is 11.0 Å². The van der Waals surface area contributed by atoms with E-state index >= 15 is 0 Å². The molecule has 0 spiro atoms. The average Bonchev–Trinajstić information content (AvgIpc) is 2.37. The van der Waals surface area contributed by atoms with Crippen LogP contribution in [-0.4, -0.2) is 21.2 Å². The van der Waals surface area contributed by atoms with Crippen LogP contribution in [0, 0.1) is 0 Å². The van der Waals surface area contributed by atoms with E-state index in [1.165, 1.54) is 0 Å². The summed E-state index contributed by atoms with van der Waals surface area (Å²) in [5.41, 5.74) is 1.01. The van der Waals surface area contributed by atoms with Crippen molar-refractivity contribution < 1.29 is 13.6 Å². The second-order valence-electron chi connectivity index (χ2n) is 4.86. The molecule has 1 heterocycles. The molecule has 1 unspecified atom stereocenters. The van der Waals surface area contributed by atoms with E-state index in [0.29, 0.717) is 19.3 Å². The van der Waals surface area contributed by atoms with Crippen molar-refractivity contribution in [3.63, 3.8) is 0 Å². The molecule has 0 saturated heterocycles. The van der Waals surface area contributed by atoms with Crippen LogP contribution in [0.25, 0.3) is 0 Å². The third-order valence-corrected chi connectivity index (χ3v) is 8.35. The fraction of sp³-hybridized carbons (Fsp3) is 0.500. The highest BCUT2D eigenvalue weighted by atomic mass is 35.8. The van der Waals surface area contributed by atoms with Gasteiger partial charge in [0.25, 0.3) is 0 Å². The molecule has 0 aromatic heterocycles. The summed E-state index contributed by atoms with van der Waals surface area (Å²) < 4.78 is 17.5. The zero-order valence-electron chi connectivity index (χ0n) is 11.4. The van der Waals surface area contributed by atoms with Crippen LogP contribution in [0.2, 0.25) is 18.6 Å². The Morgan fingerprint density at radius 3 is 2.75 bits per heavy atom. The maximum Gasteiger partial charge on any atom is 0.395 e. The number of halogens is 3. The normalized spacial score (nSPS) is 22.1. The Morgan fingerprint density at radius 2 is 2.10 bits per heavy atom. The Balaban J connectivity index is 1.99. The van der Waals surface area contributed by atoms with Crippen LogP contribution in [0.5, 0.6) is 11.5 Å². The van der Waals surface area contributed by atoms with Crippen molar-refractivity contribution in [2.45, 2.75) is 32.2 Å². The van der Waals surface area contributed by atoms with Crippen LogP contribution in [0.4, 0.5) is 0 Å². The minimum atomic E-state index is -2.62. The van der Waals surface area contributed by atoms with Crippen molar-refractivity contribution in [3.05, 3.63) is 23.8 Å². The van der Waals surface area contributed by atoms with Crippen molar-refractivity contribution in [1.82, 2.24) is 0 Å². The van der Waals surface area contributed by atoms with E-state index in [1.54, 1.807) is 0 Å². The van der Waals surface area contributed by atoms with Crippen LogP contribution in [0.15, 0.2) is 18.2 Å². The summed E-state index contributed by atoms with van der Waals surface area (Å²) in [5, 5.41) is 0. The highest BCUT2D eigenvalue weighted by Crippen LogP contribution is 2.33. The molecule has 0 aliphatic carbocycles. The third kappa shape index (κ3) is 4.54. The molecule has 20 heavy (non-hydrogen) atoms. The lowest BCUT2D eigenvalue weighted by molar-refractivity contribution is 0.205. The summed E-state index contributed by atoms with van der Waals surface area (Å²) in [6.07, 6.45) is 0. The van der Waals surface area contributed by atoms with Crippen molar-refractivity contribution >= 4 is 47.8 Å². The lowest BCUT2D eigenvalue weighted by Gasteiger charge is -2.32. The van der Waals surface area contributed by atoms with Crippen LogP contribution in [0.3, 0.4) is 0 Å². The molecule has 0 amide bonds. The van der Waals surface area contributed by atoms with E-state index in [4.69, 9.17) is 46.8 Å². The maximum atomic E-state index is 5.99. The highest BCUT2D eigenvalue weighted by Gasteiger charge is 2.35. The average molecular weight is 372 g/mol. The van der Waals surface area contributed by atoms with E-state index in [0.717, 1.165) is 23.1 Å². The molecule has 3 nitrogen and oxygen atoms in total. The Kier molecular flexibility index (Phi) is 5.31. The van der Waals surface area contributed by atoms with Gasteiger partial charge in [0.05, 0.1) is 13.2 Å². The maximum absolute atomic E-state index is 5.99. The lowest BCUT2D eigenvalue weighted by atomic mass is 10.2. The SMILES string of the molecule is CC[Si]1(C)OCc2cc(OCC[Si](Cl)(Cl)Cl)ccc2O1. The highest BCUT2D eigenvalue weighted by molar-refractivity contribution is 7.64. The Labute approximate surface area is 135 Å². The second kappa shape index (κ2) is 6.46. The molecule has 1 aliphatic rings. The van der Waals surface area contributed by atoms with Crippen LogP contribution < -0.4 is 9.16 Å². The standard InChI is InChI=1S/C12H17Cl3O3Si2/c1-3-19(2)17-9-10-8-11(4-5-12(10)18-19)16-6-7-20(13,14)15/h4-5,8H,3,6-7,9H2,1-2H3. The molecular weight excluding hydrogens is 355 g/mol. The monoisotopic (exact) mass is 370 g/mol. The molecule has 2 rings (SSSR count). The third-order valence-electron chi connectivity index (χ3n) is 3.19. The molecule has 1 aromatic carbocycles. The van der Waals surface area contributed by atoms with E-state index in [1.807, 2.05) is 18.2 Å². The predicted molar refractivity (Wildman–Crippen MR) is 87.6 cm³/mol. The first kappa shape index (κ1) is 16.5. The first-order chi connectivity index (χ1) is 9.31. The molecule has 112 valence electrons. The lowest BCUT2D eigenvalue weighted by Crippen LogP contribution is -2.43. The zero-order valence-corrected chi connectivity index (χ0v) is 15.7. The minimum absolute atomic E-state index is 0.407. The quantitative estimate of drug-likeness (QED) is 0.553. The molecule has 0 fully saturated rings. The molecule has 0 N–H and O–H groups in total. The number of fused-ring (bicyclic) bond motifs is 1. The summed E-state index contributed by atoms with van der Waals surface area (Å²) >= 11 is 17.4. The van der Waals surface area contributed by atoms with Crippen LogP contribution in [0.1, 0.15) is 12.5 Å². The minimum Gasteiger partial charge on any atom is -0.520 e. The van der Waals surface area contributed by atoms with Gasteiger partial charge in [-0.25, -0.2) is 0 Å². The topological polar surface area (TPSA) is 27.7 Å². The number of rotatable bonds is 5. The van der Waals surface area contributed by atoms with Gasteiger partial charge in [0.15, 0.2) is 0 Å². The Bertz CT molecular complexity index is 482. The molecule has 1 aliphatic heterocycles. The number of hydrogen-bond acceptors (Lipinski definition) is 3. The van der Waals surface area contributed by atoms with Crippen molar-refractivity contribution in [2.75, 3.05) is 6.61 Å². The molecule has 8 heteroatoms. The smallest absolute Gasteiger partial charge is 0.395 e. The summed E-state index contributed by atoms with van der Waals surface area (Å²) in [4.78, 5) is 0. The van der Waals surface area contributed by atoms with Gasteiger partial charge in [0, 0.05) is 11.6 Å². The van der Waals surface area contributed by atoms with E-state index in [2.05, 4.69) is 13.5 Å². The predicted octanol–water partition coefficient (Wildman–Crippen LogP) is 4.72. The molecule has 1 aromatic rings. The largest absolute Gasteiger partial charge is 0.520 e. The first-order valence-corrected chi connectivity index (χ1v) is 14.2. The van der Waals surface area contributed by atoms with Gasteiger partial charge in [0.1, 0.15) is 11.5 Å². The Morgan fingerprint density at radius 1 is 1.35 bits per heavy atom. The first-order valence-electron chi connectivity index (χ1n) is 6.47. The number of hydrogen-bond donors (Lipinski definition) is 0. The zero-order chi connectivity index (χ0) is 14.8. The van der Waals surface area contributed by atoms with Gasteiger partial charge in [-0.3, -0.25) is 0 Å². The van der Waals surface area contributed by atoms with Gasteiger partial charge in [0.2, 0.25) is 0 Å².